The first-order chi connectivity index (χ1) is 15.4. The number of nitrogens with zero attached hydrogens (tertiary/aromatic N) is 2. The van der Waals surface area contributed by atoms with Gasteiger partial charge in [-0.1, -0.05) is 35.5 Å². The van der Waals surface area contributed by atoms with Crippen LogP contribution in [0.4, 0.5) is 5.69 Å². The van der Waals surface area contributed by atoms with Crippen LogP contribution in [0.1, 0.15) is 18.9 Å². The van der Waals surface area contributed by atoms with Crippen molar-refractivity contribution < 1.29 is 19.1 Å². The van der Waals surface area contributed by atoms with Crippen molar-refractivity contribution in [2.45, 2.75) is 25.0 Å². The van der Waals surface area contributed by atoms with E-state index in [4.69, 9.17) is 21.1 Å². The highest BCUT2D eigenvalue weighted by atomic mass is 35.5. The van der Waals surface area contributed by atoms with Crippen molar-refractivity contribution in [1.29, 1.82) is 0 Å². The molecule has 0 aliphatic carbocycles. The van der Waals surface area contributed by atoms with Crippen molar-refractivity contribution in [2.24, 2.45) is 4.99 Å². The van der Waals surface area contributed by atoms with Gasteiger partial charge in [0.1, 0.15) is 0 Å². The van der Waals surface area contributed by atoms with E-state index < -0.39 is 5.25 Å². The lowest BCUT2D eigenvalue weighted by atomic mass is 10.1. The number of benzene rings is 2. The summed E-state index contributed by atoms with van der Waals surface area (Å²) in [6, 6.07) is 12.8. The van der Waals surface area contributed by atoms with Crippen LogP contribution in [0.2, 0.25) is 5.02 Å². The van der Waals surface area contributed by atoms with Gasteiger partial charge < -0.3 is 14.8 Å². The van der Waals surface area contributed by atoms with Crippen molar-refractivity contribution in [2.75, 3.05) is 27.3 Å². The summed E-state index contributed by atoms with van der Waals surface area (Å²) in [6.07, 6.45) is 0.712. The van der Waals surface area contributed by atoms with Crippen LogP contribution in [0, 0.1) is 0 Å². The summed E-state index contributed by atoms with van der Waals surface area (Å²) in [5.74, 6) is 0.979. The van der Waals surface area contributed by atoms with E-state index in [1.54, 1.807) is 37.3 Å². The van der Waals surface area contributed by atoms with Crippen LogP contribution >= 0.6 is 23.4 Å². The smallest absolute Gasteiger partial charge is 0.234 e. The minimum absolute atomic E-state index is 0.122. The summed E-state index contributed by atoms with van der Waals surface area (Å²) in [4.78, 5) is 31.7. The minimum Gasteiger partial charge on any atom is -0.493 e. The maximum atomic E-state index is 13.0. The first-order valence-electron chi connectivity index (χ1n) is 10.2. The lowest BCUT2D eigenvalue weighted by Crippen LogP contribution is -2.47. The Bertz CT molecular complexity index is 1010. The number of amides is 2. The predicted octanol–water partition coefficient (Wildman–Crippen LogP) is 4.06. The summed E-state index contributed by atoms with van der Waals surface area (Å²) >= 11 is 7.40. The quantitative estimate of drug-likeness (QED) is 0.622. The second-order valence-corrected chi connectivity index (χ2v) is 8.67. The van der Waals surface area contributed by atoms with Crippen molar-refractivity contribution in [1.82, 2.24) is 10.2 Å². The average molecular weight is 476 g/mol. The lowest BCUT2D eigenvalue weighted by molar-refractivity contribution is -0.130. The second-order valence-electron chi connectivity index (χ2n) is 7.06. The molecule has 0 bridgehead atoms. The fourth-order valence-electron chi connectivity index (χ4n) is 3.28. The van der Waals surface area contributed by atoms with E-state index in [1.807, 2.05) is 31.2 Å². The summed E-state index contributed by atoms with van der Waals surface area (Å²) in [6.45, 7) is 2.78. The van der Waals surface area contributed by atoms with Crippen molar-refractivity contribution in [3.8, 4) is 11.5 Å². The van der Waals surface area contributed by atoms with Gasteiger partial charge in [0.05, 0.1) is 25.2 Å². The number of hydrogen-bond donors (Lipinski definition) is 1. The summed E-state index contributed by atoms with van der Waals surface area (Å²) in [7, 11) is 3.18. The van der Waals surface area contributed by atoms with E-state index in [-0.39, 0.29) is 18.2 Å². The van der Waals surface area contributed by atoms with E-state index in [0.29, 0.717) is 46.9 Å². The molecule has 0 aromatic heterocycles. The maximum absolute atomic E-state index is 13.0. The third kappa shape index (κ3) is 5.95. The number of carbonyl (C=O) groups excluding carboxylic acids is 2. The van der Waals surface area contributed by atoms with Crippen LogP contribution in [0.15, 0.2) is 47.5 Å². The molecule has 1 fully saturated rings. The summed E-state index contributed by atoms with van der Waals surface area (Å²) < 4.78 is 10.7. The standard InChI is InChI=1S/C23H26ClN3O4S/c1-4-25-22(29)20-14-21(28)27(23(32-20)26-17-7-5-6-16(24)13-17)11-10-15-8-9-18(30-2)19(12-15)31-3/h5-9,12-13,20H,4,10-11,14H2,1-3H3,(H,25,29). The Morgan fingerprint density at radius 1 is 1.22 bits per heavy atom. The minimum atomic E-state index is -0.516. The molecule has 1 saturated heterocycles. The fraction of sp³-hybridized carbons (Fsp3) is 0.348. The van der Waals surface area contributed by atoms with Gasteiger partial charge in [-0.2, -0.15) is 0 Å². The highest BCUT2D eigenvalue weighted by Gasteiger charge is 2.35. The Kier molecular flexibility index (Phi) is 8.41. The molecule has 7 nitrogen and oxygen atoms in total. The highest BCUT2D eigenvalue weighted by molar-refractivity contribution is 8.15. The molecule has 1 aliphatic heterocycles. The van der Waals surface area contributed by atoms with E-state index in [9.17, 15) is 9.59 Å². The number of thioether (sulfide) groups is 1. The van der Waals surface area contributed by atoms with Gasteiger partial charge in [0.25, 0.3) is 0 Å². The normalized spacial score (nSPS) is 17.4. The predicted molar refractivity (Wildman–Crippen MR) is 128 cm³/mol. The van der Waals surface area contributed by atoms with Gasteiger partial charge in [-0.15, -0.1) is 0 Å². The molecule has 2 amide bonds. The second kappa shape index (κ2) is 11.2. The van der Waals surface area contributed by atoms with Crippen LogP contribution in [0.5, 0.6) is 11.5 Å². The van der Waals surface area contributed by atoms with Gasteiger partial charge >= 0.3 is 0 Å². The van der Waals surface area contributed by atoms with E-state index in [1.165, 1.54) is 11.8 Å². The van der Waals surface area contributed by atoms with E-state index in [0.717, 1.165) is 5.56 Å². The molecular weight excluding hydrogens is 450 g/mol. The van der Waals surface area contributed by atoms with Crippen LogP contribution in [0.3, 0.4) is 0 Å². The molecule has 0 spiro atoms. The molecule has 1 heterocycles. The molecule has 9 heteroatoms. The number of aliphatic imine (C=N–C) groups is 1. The molecule has 0 saturated carbocycles. The summed E-state index contributed by atoms with van der Waals surface area (Å²) in [5.41, 5.74) is 1.62. The van der Waals surface area contributed by atoms with Gasteiger partial charge in [-0.25, -0.2) is 4.99 Å². The lowest BCUT2D eigenvalue weighted by Gasteiger charge is -2.31. The Hall–Kier alpha value is -2.71. The highest BCUT2D eigenvalue weighted by Crippen LogP contribution is 2.31. The molecule has 2 aromatic rings. The van der Waals surface area contributed by atoms with Gasteiger partial charge in [0, 0.05) is 24.5 Å². The van der Waals surface area contributed by atoms with Crippen LogP contribution in [0.25, 0.3) is 0 Å². The fourth-order valence-corrected chi connectivity index (χ4v) is 4.62. The Balaban J connectivity index is 1.84. The number of ether oxygens (including phenoxy) is 2. The molecule has 170 valence electrons. The zero-order valence-corrected chi connectivity index (χ0v) is 19.8. The molecule has 2 aromatic carbocycles. The number of rotatable bonds is 8. The van der Waals surface area contributed by atoms with Crippen LogP contribution < -0.4 is 14.8 Å². The molecule has 32 heavy (non-hydrogen) atoms. The molecule has 1 N–H and O–H groups in total. The zero-order valence-electron chi connectivity index (χ0n) is 18.3. The Morgan fingerprint density at radius 2 is 2.00 bits per heavy atom. The summed E-state index contributed by atoms with van der Waals surface area (Å²) in [5, 5.41) is 3.32. The zero-order chi connectivity index (χ0) is 23.1. The molecule has 3 rings (SSSR count). The number of halogens is 1. The monoisotopic (exact) mass is 475 g/mol. The molecular formula is C23H26ClN3O4S. The van der Waals surface area contributed by atoms with Crippen LogP contribution in [-0.2, 0) is 16.0 Å². The van der Waals surface area contributed by atoms with Gasteiger partial charge in [0.15, 0.2) is 16.7 Å². The number of hydrogen-bond acceptors (Lipinski definition) is 6. The molecule has 1 aliphatic rings. The third-order valence-electron chi connectivity index (χ3n) is 4.89. The van der Waals surface area contributed by atoms with E-state index >= 15 is 0 Å². The molecule has 1 atom stereocenters. The first-order valence-corrected chi connectivity index (χ1v) is 11.5. The number of nitrogens with one attached hydrogen (secondary N) is 1. The Labute approximate surface area is 197 Å². The van der Waals surface area contributed by atoms with Crippen LogP contribution in [-0.4, -0.2) is 54.4 Å². The van der Waals surface area contributed by atoms with Crippen molar-refractivity contribution >= 4 is 46.0 Å². The largest absolute Gasteiger partial charge is 0.493 e. The van der Waals surface area contributed by atoms with Gasteiger partial charge in [-0.05, 0) is 49.2 Å². The Morgan fingerprint density at radius 3 is 2.69 bits per heavy atom. The number of carbonyl (C=O) groups is 2. The topological polar surface area (TPSA) is 80.2 Å². The maximum Gasteiger partial charge on any atom is 0.234 e. The van der Waals surface area contributed by atoms with E-state index in [2.05, 4.69) is 10.3 Å². The SMILES string of the molecule is CCNC(=O)C1CC(=O)N(CCc2ccc(OC)c(OC)c2)C(=Nc2cccc(Cl)c2)S1. The van der Waals surface area contributed by atoms with Crippen molar-refractivity contribution in [3.05, 3.63) is 53.1 Å². The first kappa shape index (κ1) is 23.9. The average Bonchev–Trinajstić information content (AvgIpc) is 2.78. The van der Waals surface area contributed by atoms with Crippen molar-refractivity contribution in [3.63, 3.8) is 0 Å². The number of amidine groups is 1. The van der Waals surface area contributed by atoms with Gasteiger partial charge in [-0.3, -0.25) is 14.5 Å². The molecule has 1 unspecified atom stereocenters. The third-order valence-corrected chi connectivity index (χ3v) is 6.31. The number of methoxy groups -OCH3 is 2. The van der Waals surface area contributed by atoms with Gasteiger partial charge in [0.2, 0.25) is 11.8 Å². The molecule has 0 radical (unpaired) electrons.